The van der Waals surface area contributed by atoms with Crippen molar-refractivity contribution in [3.8, 4) is 5.75 Å². The molecule has 1 aromatic carbocycles. The summed E-state index contributed by atoms with van der Waals surface area (Å²) in [5, 5.41) is 0. The quantitative estimate of drug-likeness (QED) is 0.851. The zero-order chi connectivity index (χ0) is 12.1. The number of hydrogen-bond donors (Lipinski definition) is 1. The van der Waals surface area contributed by atoms with E-state index in [-0.39, 0.29) is 5.82 Å². The highest BCUT2D eigenvalue weighted by Gasteiger charge is 2.18. The van der Waals surface area contributed by atoms with Crippen molar-refractivity contribution < 1.29 is 9.13 Å². The fourth-order valence-corrected chi connectivity index (χ4v) is 1.81. The van der Waals surface area contributed by atoms with Crippen LogP contribution in [0.5, 0.6) is 5.75 Å². The molecule has 0 unspecified atom stereocenters. The van der Waals surface area contributed by atoms with Crippen molar-refractivity contribution in [3.63, 3.8) is 0 Å². The van der Waals surface area contributed by atoms with Gasteiger partial charge >= 0.3 is 0 Å². The van der Waals surface area contributed by atoms with Crippen LogP contribution in [0.15, 0.2) is 24.3 Å². The fraction of sp³-hybridized carbons (Fsp3) is 0.429. The first-order valence-corrected chi connectivity index (χ1v) is 6.08. The van der Waals surface area contributed by atoms with E-state index in [9.17, 15) is 4.39 Å². The minimum Gasteiger partial charge on any atom is -0.490 e. The van der Waals surface area contributed by atoms with Gasteiger partial charge in [-0.3, -0.25) is 0 Å². The minimum atomic E-state index is -0.302. The Bertz CT molecular complexity index is 399. The molecule has 0 aromatic heterocycles. The van der Waals surface area contributed by atoms with Gasteiger partial charge in [0.05, 0.1) is 6.61 Å². The molecule has 2 rings (SSSR count). The summed E-state index contributed by atoms with van der Waals surface area (Å²) in [6.07, 6.45) is 7.29. The van der Waals surface area contributed by atoms with Gasteiger partial charge in [-0.05, 0) is 36.5 Å². The molecule has 2 N–H and O–H groups in total. The molecule has 0 spiro atoms. The van der Waals surface area contributed by atoms with Gasteiger partial charge in [-0.25, -0.2) is 4.39 Å². The summed E-state index contributed by atoms with van der Waals surface area (Å²) in [4.78, 5) is 0. The third kappa shape index (κ3) is 3.30. The predicted octanol–water partition coefficient (Wildman–Crippen LogP) is 2.98. The first kappa shape index (κ1) is 12.1. The third-order valence-electron chi connectivity index (χ3n) is 3.10. The second-order valence-corrected chi connectivity index (χ2v) is 4.44. The summed E-state index contributed by atoms with van der Waals surface area (Å²) in [6, 6.07) is 5.00. The molecule has 92 valence electrons. The number of hydrogen-bond acceptors (Lipinski definition) is 2. The van der Waals surface area contributed by atoms with Gasteiger partial charge in [-0.15, -0.1) is 0 Å². The molecule has 0 heterocycles. The van der Waals surface area contributed by atoms with Crippen LogP contribution in [0.2, 0.25) is 0 Å². The van der Waals surface area contributed by atoms with Crippen LogP contribution >= 0.6 is 0 Å². The lowest BCUT2D eigenvalue weighted by Gasteiger charge is -2.25. The van der Waals surface area contributed by atoms with E-state index in [4.69, 9.17) is 10.5 Å². The zero-order valence-electron chi connectivity index (χ0n) is 9.86. The molecule has 0 atom stereocenters. The molecule has 0 saturated heterocycles. The van der Waals surface area contributed by atoms with Gasteiger partial charge in [0.25, 0.3) is 0 Å². The van der Waals surface area contributed by atoms with Crippen molar-refractivity contribution in [2.45, 2.75) is 19.3 Å². The van der Waals surface area contributed by atoms with Crippen LogP contribution in [0.1, 0.15) is 24.8 Å². The van der Waals surface area contributed by atoms with Gasteiger partial charge in [0.1, 0.15) is 0 Å². The van der Waals surface area contributed by atoms with Crippen LogP contribution in [0, 0.1) is 11.7 Å². The van der Waals surface area contributed by atoms with Gasteiger partial charge in [0.15, 0.2) is 11.6 Å². The smallest absolute Gasteiger partial charge is 0.165 e. The lowest BCUT2D eigenvalue weighted by molar-refractivity contribution is 0.175. The Morgan fingerprint density at radius 1 is 1.41 bits per heavy atom. The Kier molecular flexibility index (Phi) is 4.15. The van der Waals surface area contributed by atoms with E-state index in [2.05, 4.69) is 0 Å². The van der Waals surface area contributed by atoms with Crippen molar-refractivity contribution in [2.24, 2.45) is 11.7 Å². The highest BCUT2D eigenvalue weighted by atomic mass is 19.1. The molecule has 0 bridgehead atoms. The second-order valence-electron chi connectivity index (χ2n) is 4.44. The monoisotopic (exact) mass is 235 g/mol. The van der Waals surface area contributed by atoms with Crippen LogP contribution in [0.4, 0.5) is 4.39 Å². The summed E-state index contributed by atoms with van der Waals surface area (Å²) in [5.41, 5.74) is 6.15. The molecule has 2 nitrogen and oxygen atoms in total. The second kappa shape index (κ2) is 5.82. The standard InChI is InChI=1S/C14H18FNO/c15-13-9-11(5-2-8-16)6-7-14(13)17-10-12-3-1-4-12/h2,5-7,9,12H,1,3-4,8,10,16H2/b5-2+. The summed E-state index contributed by atoms with van der Waals surface area (Å²) in [5.74, 6) is 0.663. The van der Waals surface area contributed by atoms with Crippen molar-refractivity contribution in [3.05, 3.63) is 35.7 Å². The molecule has 1 aromatic rings. The van der Waals surface area contributed by atoms with Crippen molar-refractivity contribution in [2.75, 3.05) is 13.2 Å². The van der Waals surface area contributed by atoms with Crippen LogP contribution in [-0.2, 0) is 0 Å². The Hall–Kier alpha value is -1.35. The molecule has 3 heteroatoms. The molecule has 1 aliphatic rings. The molecule has 0 amide bonds. The Morgan fingerprint density at radius 3 is 2.82 bits per heavy atom. The van der Waals surface area contributed by atoms with Gasteiger partial charge < -0.3 is 10.5 Å². The first-order valence-electron chi connectivity index (χ1n) is 6.08. The van der Waals surface area contributed by atoms with Gasteiger partial charge in [0.2, 0.25) is 0 Å². The van der Waals surface area contributed by atoms with Crippen LogP contribution in [0.25, 0.3) is 6.08 Å². The van der Waals surface area contributed by atoms with Crippen LogP contribution in [-0.4, -0.2) is 13.2 Å². The van der Waals surface area contributed by atoms with E-state index in [1.54, 1.807) is 18.2 Å². The largest absolute Gasteiger partial charge is 0.490 e. The molecule has 17 heavy (non-hydrogen) atoms. The Labute approximate surface area is 101 Å². The lowest BCUT2D eigenvalue weighted by atomic mass is 9.86. The van der Waals surface area contributed by atoms with E-state index in [1.807, 2.05) is 6.07 Å². The fourth-order valence-electron chi connectivity index (χ4n) is 1.81. The highest BCUT2D eigenvalue weighted by molar-refractivity contribution is 5.51. The number of ether oxygens (including phenoxy) is 1. The number of rotatable bonds is 5. The normalized spacial score (nSPS) is 16.1. The molecule has 1 fully saturated rings. The van der Waals surface area contributed by atoms with Crippen LogP contribution < -0.4 is 10.5 Å². The maximum Gasteiger partial charge on any atom is 0.165 e. The molecular weight excluding hydrogens is 217 g/mol. The van der Waals surface area contributed by atoms with E-state index >= 15 is 0 Å². The van der Waals surface area contributed by atoms with Crippen LogP contribution in [0.3, 0.4) is 0 Å². The lowest BCUT2D eigenvalue weighted by Crippen LogP contribution is -2.19. The summed E-state index contributed by atoms with van der Waals surface area (Å²) in [7, 11) is 0. The minimum absolute atomic E-state index is 0.302. The average molecular weight is 235 g/mol. The van der Waals surface area contributed by atoms with Crippen molar-refractivity contribution in [1.29, 1.82) is 0 Å². The van der Waals surface area contributed by atoms with Crippen molar-refractivity contribution >= 4 is 6.08 Å². The van der Waals surface area contributed by atoms with Gasteiger partial charge in [-0.2, -0.15) is 0 Å². The van der Waals surface area contributed by atoms with E-state index < -0.39 is 0 Å². The first-order chi connectivity index (χ1) is 8.29. The van der Waals surface area contributed by atoms with E-state index in [0.29, 0.717) is 24.8 Å². The summed E-state index contributed by atoms with van der Waals surface area (Å²) in [6.45, 7) is 1.09. The SMILES string of the molecule is NC/C=C/c1ccc(OCC2CCC2)c(F)c1. The van der Waals surface area contributed by atoms with Gasteiger partial charge in [-0.1, -0.05) is 24.6 Å². The van der Waals surface area contributed by atoms with E-state index in [1.165, 1.54) is 25.3 Å². The molecule has 1 saturated carbocycles. The molecular formula is C14H18FNO. The maximum absolute atomic E-state index is 13.7. The molecule has 0 aliphatic heterocycles. The van der Waals surface area contributed by atoms with E-state index in [0.717, 1.165) is 5.56 Å². The maximum atomic E-state index is 13.7. The Balaban J connectivity index is 1.95. The number of benzene rings is 1. The number of nitrogens with two attached hydrogens (primary N) is 1. The Morgan fingerprint density at radius 2 is 2.24 bits per heavy atom. The topological polar surface area (TPSA) is 35.2 Å². The molecule has 1 aliphatic carbocycles. The summed E-state index contributed by atoms with van der Waals surface area (Å²) < 4.78 is 19.1. The average Bonchev–Trinajstić information content (AvgIpc) is 2.27. The van der Waals surface area contributed by atoms with Crippen molar-refractivity contribution in [1.82, 2.24) is 0 Å². The third-order valence-corrected chi connectivity index (χ3v) is 3.10. The number of halogens is 1. The van der Waals surface area contributed by atoms with Gasteiger partial charge in [0, 0.05) is 6.54 Å². The summed E-state index contributed by atoms with van der Waals surface area (Å²) >= 11 is 0. The highest BCUT2D eigenvalue weighted by Crippen LogP contribution is 2.28. The molecule has 0 radical (unpaired) electrons. The zero-order valence-corrected chi connectivity index (χ0v) is 9.86. The predicted molar refractivity (Wildman–Crippen MR) is 67.3 cm³/mol.